The van der Waals surface area contributed by atoms with Crippen molar-refractivity contribution in [2.75, 3.05) is 13.7 Å². The van der Waals surface area contributed by atoms with E-state index in [1.54, 1.807) is 13.3 Å². The Morgan fingerprint density at radius 2 is 2.41 bits per heavy atom. The molecule has 1 aromatic heterocycles. The van der Waals surface area contributed by atoms with Crippen molar-refractivity contribution in [2.45, 2.75) is 19.5 Å². The molecule has 2 rings (SSSR count). The predicted octanol–water partition coefficient (Wildman–Crippen LogP) is 1.15. The van der Waals surface area contributed by atoms with Gasteiger partial charge in [-0.1, -0.05) is 0 Å². The van der Waals surface area contributed by atoms with E-state index in [9.17, 15) is 0 Å². The lowest BCUT2D eigenvalue weighted by atomic mass is 10.2. The maximum Gasteiger partial charge on any atom is 0.213 e. The van der Waals surface area contributed by atoms with Gasteiger partial charge in [0, 0.05) is 24.8 Å². The first kappa shape index (κ1) is 14.0. The van der Waals surface area contributed by atoms with Crippen LogP contribution in [0.1, 0.15) is 12.5 Å². The topological polar surface area (TPSA) is 58.5 Å². The van der Waals surface area contributed by atoms with E-state index < -0.39 is 0 Å². The summed E-state index contributed by atoms with van der Waals surface area (Å²) >= 11 is 0. The van der Waals surface area contributed by atoms with E-state index in [0.717, 1.165) is 24.6 Å². The smallest absolute Gasteiger partial charge is 0.213 e. The lowest BCUT2D eigenvalue weighted by molar-refractivity contribution is 0.397. The Morgan fingerprint density at radius 1 is 1.59 bits per heavy atom. The number of guanidine groups is 1. The Bertz CT molecular complexity index is 397. The molecular formula is C11H17IN4O. The van der Waals surface area contributed by atoms with Gasteiger partial charge in [-0.3, -0.25) is 4.99 Å². The van der Waals surface area contributed by atoms with E-state index in [4.69, 9.17) is 4.74 Å². The SMILES string of the molecule is COc1cc(CNC2=NCC(C)N2)ccn1.I. The van der Waals surface area contributed by atoms with E-state index in [2.05, 4.69) is 27.5 Å². The largest absolute Gasteiger partial charge is 0.481 e. The van der Waals surface area contributed by atoms with E-state index >= 15 is 0 Å². The van der Waals surface area contributed by atoms with Gasteiger partial charge in [0.1, 0.15) is 0 Å². The van der Waals surface area contributed by atoms with Crippen LogP contribution < -0.4 is 15.4 Å². The third kappa shape index (κ3) is 4.03. The molecule has 1 aliphatic heterocycles. The number of hydrogen-bond donors (Lipinski definition) is 2. The van der Waals surface area contributed by atoms with Gasteiger partial charge in [0.15, 0.2) is 5.96 Å². The van der Waals surface area contributed by atoms with Gasteiger partial charge in [-0.05, 0) is 18.6 Å². The quantitative estimate of drug-likeness (QED) is 0.805. The molecular weight excluding hydrogens is 331 g/mol. The zero-order valence-corrected chi connectivity index (χ0v) is 12.3. The average Bonchev–Trinajstić information content (AvgIpc) is 2.73. The maximum atomic E-state index is 5.06. The molecule has 6 heteroatoms. The molecule has 1 aliphatic rings. The van der Waals surface area contributed by atoms with Crippen molar-refractivity contribution in [3.63, 3.8) is 0 Å². The molecule has 2 heterocycles. The zero-order chi connectivity index (χ0) is 11.4. The molecule has 1 atom stereocenters. The molecule has 5 nitrogen and oxygen atoms in total. The van der Waals surface area contributed by atoms with Crippen LogP contribution in [-0.2, 0) is 6.54 Å². The van der Waals surface area contributed by atoms with E-state index in [1.165, 1.54) is 0 Å². The minimum atomic E-state index is 0. The molecule has 0 aromatic carbocycles. The van der Waals surface area contributed by atoms with E-state index in [1.807, 2.05) is 12.1 Å². The summed E-state index contributed by atoms with van der Waals surface area (Å²) in [5, 5.41) is 6.48. The second-order valence-electron chi connectivity index (χ2n) is 3.79. The number of aliphatic imine (C=N–C) groups is 1. The molecule has 0 amide bonds. The molecule has 94 valence electrons. The summed E-state index contributed by atoms with van der Waals surface area (Å²) in [6.07, 6.45) is 1.74. The fraction of sp³-hybridized carbons (Fsp3) is 0.455. The first-order valence-corrected chi connectivity index (χ1v) is 5.31. The van der Waals surface area contributed by atoms with Crippen molar-refractivity contribution >= 4 is 29.9 Å². The zero-order valence-electron chi connectivity index (χ0n) is 9.93. The lowest BCUT2D eigenvalue weighted by Gasteiger charge is -2.09. The van der Waals surface area contributed by atoms with Crippen molar-refractivity contribution < 1.29 is 4.74 Å². The van der Waals surface area contributed by atoms with Gasteiger partial charge in [0.05, 0.1) is 13.7 Å². The molecule has 1 aromatic rings. The number of halogens is 1. The Balaban J connectivity index is 0.00000144. The first-order valence-electron chi connectivity index (χ1n) is 5.31. The number of methoxy groups -OCH3 is 1. The number of nitrogens with zero attached hydrogens (tertiary/aromatic N) is 2. The Hall–Kier alpha value is -1.05. The van der Waals surface area contributed by atoms with Crippen LogP contribution in [0.5, 0.6) is 5.88 Å². The molecule has 0 saturated carbocycles. The number of aromatic nitrogens is 1. The van der Waals surface area contributed by atoms with Crippen LogP contribution in [0.2, 0.25) is 0 Å². The second-order valence-corrected chi connectivity index (χ2v) is 3.79. The van der Waals surface area contributed by atoms with Crippen molar-refractivity contribution in [1.82, 2.24) is 15.6 Å². The molecule has 0 spiro atoms. The van der Waals surface area contributed by atoms with Crippen LogP contribution in [0.25, 0.3) is 0 Å². The first-order chi connectivity index (χ1) is 7.78. The lowest BCUT2D eigenvalue weighted by Crippen LogP contribution is -2.37. The maximum absolute atomic E-state index is 5.06. The minimum absolute atomic E-state index is 0. The highest BCUT2D eigenvalue weighted by Crippen LogP contribution is 2.08. The van der Waals surface area contributed by atoms with Gasteiger partial charge >= 0.3 is 0 Å². The highest BCUT2D eigenvalue weighted by Gasteiger charge is 2.11. The fourth-order valence-electron chi connectivity index (χ4n) is 1.52. The van der Waals surface area contributed by atoms with Crippen LogP contribution in [-0.4, -0.2) is 30.6 Å². The van der Waals surface area contributed by atoms with Gasteiger partial charge in [-0.25, -0.2) is 4.98 Å². The molecule has 17 heavy (non-hydrogen) atoms. The van der Waals surface area contributed by atoms with Crippen LogP contribution in [0, 0.1) is 0 Å². The molecule has 1 unspecified atom stereocenters. The fourth-order valence-corrected chi connectivity index (χ4v) is 1.52. The van der Waals surface area contributed by atoms with Crippen LogP contribution in [0.15, 0.2) is 23.3 Å². The summed E-state index contributed by atoms with van der Waals surface area (Å²) in [6, 6.07) is 4.29. The van der Waals surface area contributed by atoms with Crippen molar-refractivity contribution in [2.24, 2.45) is 4.99 Å². The number of ether oxygens (including phenoxy) is 1. The van der Waals surface area contributed by atoms with Crippen molar-refractivity contribution in [3.8, 4) is 5.88 Å². The predicted molar refractivity (Wildman–Crippen MR) is 77.9 cm³/mol. The standard InChI is InChI=1S/C11H16N4O.HI/c1-8-6-13-11(15-8)14-7-9-3-4-12-10(5-9)16-2;/h3-5,8H,6-7H2,1-2H3,(H2,13,14,15);1H. The molecule has 0 radical (unpaired) electrons. The van der Waals surface area contributed by atoms with Crippen LogP contribution in [0.4, 0.5) is 0 Å². The average molecular weight is 348 g/mol. The van der Waals surface area contributed by atoms with Gasteiger partial charge in [0.25, 0.3) is 0 Å². The van der Waals surface area contributed by atoms with Crippen LogP contribution >= 0.6 is 24.0 Å². The molecule has 2 N–H and O–H groups in total. The summed E-state index contributed by atoms with van der Waals surface area (Å²) in [7, 11) is 1.61. The monoisotopic (exact) mass is 348 g/mol. The van der Waals surface area contributed by atoms with E-state index in [0.29, 0.717) is 11.9 Å². The summed E-state index contributed by atoms with van der Waals surface area (Å²) < 4.78 is 5.06. The molecule has 0 bridgehead atoms. The van der Waals surface area contributed by atoms with Crippen molar-refractivity contribution in [1.29, 1.82) is 0 Å². The third-order valence-corrected chi connectivity index (χ3v) is 2.37. The number of rotatable bonds is 3. The summed E-state index contributed by atoms with van der Waals surface area (Å²) in [6.45, 7) is 3.66. The molecule has 0 fully saturated rings. The van der Waals surface area contributed by atoms with Crippen molar-refractivity contribution in [3.05, 3.63) is 23.9 Å². The van der Waals surface area contributed by atoms with Gasteiger partial charge in [-0.2, -0.15) is 0 Å². The Morgan fingerprint density at radius 3 is 3.06 bits per heavy atom. The summed E-state index contributed by atoms with van der Waals surface area (Å²) in [5.74, 6) is 1.50. The number of hydrogen-bond acceptors (Lipinski definition) is 5. The second kappa shape index (κ2) is 6.63. The normalized spacial score (nSPS) is 17.8. The van der Waals surface area contributed by atoms with E-state index in [-0.39, 0.29) is 24.0 Å². The highest BCUT2D eigenvalue weighted by atomic mass is 127. The van der Waals surface area contributed by atoms with Gasteiger partial charge < -0.3 is 15.4 Å². The Labute approximate surface area is 118 Å². The molecule has 0 aliphatic carbocycles. The minimum Gasteiger partial charge on any atom is -0.481 e. The number of pyridine rings is 1. The Kier molecular flexibility index (Phi) is 5.46. The molecule has 0 saturated heterocycles. The van der Waals surface area contributed by atoms with Crippen LogP contribution in [0.3, 0.4) is 0 Å². The number of nitrogens with one attached hydrogen (secondary N) is 2. The summed E-state index contributed by atoms with van der Waals surface area (Å²) in [4.78, 5) is 8.38. The summed E-state index contributed by atoms with van der Waals surface area (Å²) in [5.41, 5.74) is 1.12. The van der Waals surface area contributed by atoms with Gasteiger partial charge in [0.2, 0.25) is 5.88 Å². The highest BCUT2D eigenvalue weighted by molar-refractivity contribution is 14.0. The third-order valence-electron chi connectivity index (χ3n) is 2.37. The van der Waals surface area contributed by atoms with Gasteiger partial charge in [-0.15, -0.1) is 24.0 Å².